The highest BCUT2D eigenvalue weighted by Crippen LogP contribution is 2.47. The number of non-ortho nitro benzene ring substituents is 2. The molecule has 0 saturated heterocycles. The Balaban J connectivity index is 0.000000122. The fraction of sp³-hybridized carbons (Fsp3) is 0.179. The van der Waals surface area contributed by atoms with Gasteiger partial charge in [-0.25, -0.2) is 0 Å². The first-order chi connectivity index (χ1) is 49.7. The predicted molar refractivity (Wildman–Crippen MR) is 394 cm³/mol. The van der Waals surface area contributed by atoms with Crippen LogP contribution in [0.15, 0.2) is 189 Å². The van der Waals surface area contributed by atoms with Gasteiger partial charge in [0.05, 0.1) is 60.1 Å². The molecule has 1 unspecified atom stereocenters. The van der Waals surface area contributed by atoms with E-state index in [9.17, 15) is 68.8 Å². The molecule has 11 N–H and O–H groups in total. The van der Waals surface area contributed by atoms with Crippen LogP contribution in [0.2, 0.25) is 0 Å². The minimum atomic E-state index is -0.796. The second-order valence-corrected chi connectivity index (χ2v) is 25.1. The monoisotopic (exact) mass is 1380 g/mol. The lowest BCUT2D eigenvalue weighted by Gasteiger charge is -2.17. The van der Waals surface area contributed by atoms with E-state index in [1.54, 1.807) is 88.0 Å². The van der Waals surface area contributed by atoms with Crippen molar-refractivity contribution in [2.45, 2.75) is 64.9 Å². The zero-order chi connectivity index (χ0) is 72.8. The van der Waals surface area contributed by atoms with Crippen LogP contribution in [0.4, 0.5) is 22.7 Å². The number of rotatable bonds is 15. The number of carbonyl (C=O) groups excluding carboxylic acids is 4. The zero-order valence-electron chi connectivity index (χ0n) is 55.5. The number of benzene rings is 8. The average Bonchev–Trinajstić information content (AvgIpc) is 1.62. The predicted octanol–water partition coefficient (Wildman–Crippen LogP) is 9.49. The molecule has 518 valence electrons. The van der Waals surface area contributed by atoms with E-state index in [1.807, 2.05) is 54.6 Å². The van der Waals surface area contributed by atoms with E-state index in [4.69, 9.17) is 22.9 Å². The van der Waals surface area contributed by atoms with Gasteiger partial charge in [-0.15, -0.1) is 0 Å². The lowest BCUT2D eigenvalue weighted by Crippen LogP contribution is -2.24. The number of hydrogen-bond acceptors (Lipinski definition) is 18. The number of aliphatic hydroxyl groups excluding tert-OH is 2. The summed E-state index contributed by atoms with van der Waals surface area (Å²) in [5.41, 5.74) is 32.6. The SMILES string of the molecule is CC(=O)Nc1ccc2c3c(n(CCCN)c(=O)c2c1)-c1ccccc1C3O.NCCCn1c2c(c3ccc(N)cc3c1=O)C(=O)c1ccccc1-2.NCCCn1c2c(c3ccc([N+](=O)[O-])cc3c1=O)C(=O)c1ccccc1-2.O=C1c2ccccc2-c2c1c1ccc([N+](=O)[O-])cc1c(=O)n2CCCO. The zero-order valence-corrected chi connectivity index (χ0v) is 55.5. The van der Waals surface area contributed by atoms with Gasteiger partial charge in [0.25, 0.3) is 33.6 Å². The summed E-state index contributed by atoms with van der Waals surface area (Å²) in [4.78, 5) is 124. The third-order valence-corrected chi connectivity index (χ3v) is 18.9. The molecule has 0 spiro atoms. The maximum atomic E-state index is 13.3. The first-order valence-corrected chi connectivity index (χ1v) is 33.3. The number of nitrogens with two attached hydrogens (primary N) is 4. The van der Waals surface area contributed by atoms with Crippen molar-refractivity contribution in [3.8, 4) is 45.0 Å². The number of anilines is 2. The van der Waals surface area contributed by atoms with Gasteiger partial charge in [-0.05, 0) is 92.7 Å². The molecule has 0 saturated carbocycles. The molecule has 103 heavy (non-hydrogen) atoms. The largest absolute Gasteiger partial charge is 0.399 e. The number of nitro groups is 2. The summed E-state index contributed by atoms with van der Waals surface area (Å²) in [6, 6.07) is 47.6. The molecule has 1 amide bonds. The van der Waals surface area contributed by atoms with Gasteiger partial charge in [-0.2, -0.15) is 0 Å². The molecule has 25 heteroatoms. The van der Waals surface area contributed by atoms with Gasteiger partial charge in [0.15, 0.2) is 17.3 Å². The summed E-state index contributed by atoms with van der Waals surface area (Å²) < 4.78 is 6.35. The van der Waals surface area contributed by atoms with Crippen LogP contribution in [0.1, 0.15) is 97.6 Å². The molecule has 0 bridgehead atoms. The number of nitrogen functional groups attached to an aromatic ring is 1. The van der Waals surface area contributed by atoms with Gasteiger partial charge in [-0.3, -0.25) is 58.6 Å². The Labute approximate surface area is 584 Å². The van der Waals surface area contributed by atoms with Crippen molar-refractivity contribution in [2.24, 2.45) is 17.2 Å². The van der Waals surface area contributed by atoms with Crippen LogP contribution in [-0.2, 0) is 31.0 Å². The normalized spacial score (nSPS) is 13.0. The van der Waals surface area contributed by atoms with E-state index < -0.39 is 21.5 Å². The summed E-state index contributed by atoms with van der Waals surface area (Å²) in [6.45, 7) is 4.17. The molecule has 16 rings (SSSR count). The number of aliphatic hydroxyl groups is 2. The van der Waals surface area contributed by atoms with Crippen molar-refractivity contribution >= 4 is 89.1 Å². The van der Waals surface area contributed by atoms with Crippen LogP contribution >= 0.6 is 0 Å². The molecular weight excluding hydrogens is 1310 g/mol. The molecule has 12 aromatic rings. The molecular formula is C78H67N11O14. The van der Waals surface area contributed by atoms with E-state index >= 15 is 0 Å². The quantitative estimate of drug-likeness (QED) is 0.0285. The maximum absolute atomic E-state index is 13.3. The van der Waals surface area contributed by atoms with Gasteiger partial charge in [0, 0.05) is 147 Å². The van der Waals surface area contributed by atoms with Crippen molar-refractivity contribution in [3.63, 3.8) is 0 Å². The second kappa shape index (κ2) is 28.2. The lowest BCUT2D eigenvalue weighted by molar-refractivity contribution is -0.384. The van der Waals surface area contributed by atoms with Crippen molar-refractivity contribution in [3.05, 3.63) is 276 Å². The maximum Gasteiger partial charge on any atom is 0.270 e. The fourth-order valence-corrected chi connectivity index (χ4v) is 14.4. The Kier molecular flexibility index (Phi) is 18.9. The van der Waals surface area contributed by atoms with Crippen LogP contribution in [0.5, 0.6) is 0 Å². The Morgan fingerprint density at radius 1 is 0.437 bits per heavy atom. The van der Waals surface area contributed by atoms with Crippen LogP contribution in [0.25, 0.3) is 88.1 Å². The highest BCUT2D eigenvalue weighted by molar-refractivity contribution is 6.29. The van der Waals surface area contributed by atoms with Gasteiger partial charge < -0.3 is 56.7 Å². The number of hydrogen-bond donors (Lipinski definition) is 7. The summed E-state index contributed by atoms with van der Waals surface area (Å²) in [5.74, 6) is -0.619. The average molecular weight is 1380 g/mol. The van der Waals surface area contributed by atoms with Crippen molar-refractivity contribution in [2.75, 3.05) is 37.3 Å². The molecule has 0 radical (unpaired) electrons. The molecule has 4 heterocycles. The number of ketones is 3. The minimum Gasteiger partial charge on any atom is -0.399 e. The van der Waals surface area contributed by atoms with Crippen molar-refractivity contribution in [1.82, 2.24) is 18.3 Å². The topological polar surface area (TPSA) is 399 Å². The summed E-state index contributed by atoms with van der Waals surface area (Å²) in [5, 5.41) is 48.5. The Hall–Kier alpha value is -12.5. The van der Waals surface area contributed by atoms with E-state index in [2.05, 4.69) is 5.32 Å². The number of nitrogens with one attached hydrogen (secondary N) is 1. The van der Waals surface area contributed by atoms with E-state index in [-0.39, 0.29) is 75.2 Å². The Bertz CT molecular complexity index is 5710. The van der Waals surface area contributed by atoms with Gasteiger partial charge in [0.1, 0.15) is 6.10 Å². The minimum absolute atomic E-state index is 0.0446. The Morgan fingerprint density at radius 3 is 1.18 bits per heavy atom. The number of nitrogens with zero attached hydrogens (tertiary/aromatic N) is 6. The molecule has 25 nitrogen and oxygen atoms in total. The molecule has 0 fully saturated rings. The smallest absolute Gasteiger partial charge is 0.270 e. The molecule has 4 aliphatic rings. The molecule has 8 aromatic carbocycles. The highest BCUT2D eigenvalue weighted by Gasteiger charge is 2.37. The lowest BCUT2D eigenvalue weighted by atomic mass is 10.0. The first kappa shape index (κ1) is 69.0. The summed E-state index contributed by atoms with van der Waals surface area (Å²) in [7, 11) is 0. The number of fused-ring (bicyclic) bond motifs is 20. The van der Waals surface area contributed by atoms with E-state index in [0.717, 1.165) is 27.9 Å². The fourth-order valence-electron chi connectivity index (χ4n) is 14.4. The summed E-state index contributed by atoms with van der Waals surface area (Å²) in [6.07, 6.45) is 1.42. The van der Waals surface area contributed by atoms with Gasteiger partial charge in [0.2, 0.25) is 5.91 Å². The number of carbonyl (C=O) groups is 4. The Morgan fingerprint density at radius 2 is 0.786 bits per heavy atom. The molecule has 4 aromatic heterocycles. The van der Waals surface area contributed by atoms with Crippen LogP contribution in [0, 0.1) is 20.2 Å². The van der Waals surface area contributed by atoms with E-state index in [1.165, 1.54) is 52.5 Å². The van der Waals surface area contributed by atoms with Crippen LogP contribution in [0.3, 0.4) is 0 Å². The van der Waals surface area contributed by atoms with E-state index in [0.29, 0.717) is 170 Å². The second-order valence-electron chi connectivity index (χ2n) is 25.1. The number of nitro benzene ring substituents is 2. The third-order valence-electron chi connectivity index (χ3n) is 18.9. The van der Waals surface area contributed by atoms with Crippen LogP contribution in [-0.4, -0.2) is 87.8 Å². The summed E-state index contributed by atoms with van der Waals surface area (Å²) >= 11 is 0. The molecule has 0 aliphatic heterocycles. The van der Waals surface area contributed by atoms with Crippen LogP contribution < -0.4 is 50.5 Å². The number of aromatic nitrogens is 4. The highest BCUT2D eigenvalue weighted by atomic mass is 16.6. The third kappa shape index (κ3) is 11.9. The number of pyridine rings is 4. The van der Waals surface area contributed by atoms with Gasteiger partial charge >= 0.3 is 0 Å². The first-order valence-electron chi connectivity index (χ1n) is 33.3. The molecule has 4 aliphatic carbocycles. The standard InChI is InChI=1S/C21H21N3O3.C19H15N3O4.C19H17N3O2.C19H14N2O5/c1-12(25)23-13-7-8-14-17(11-13)21(27)24(10-4-9-22)19-15-5-2-3-6-16(15)20(26)18(14)19;20-8-3-9-21-17-13-4-1-2-5-14(13)18(23)16(17)12-7-6-11(22(25)26)10-15(12)19(21)24;20-8-3-9-22-17-13-4-1-2-5-14(13)18(23)16(17)12-7-6-11(21)10-15(12)19(22)24;22-9-3-8-20-17-13-4-1-2-5-14(13)18(23)16(17)12-7-6-11(21(25)26)10-15(12)19(20)24/h2-3,5-8,11,20,26H,4,9-10,22H2,1H3,(H,23,25);1-2,4-7,10H,3,8-9,20H2;1-2,4-7,10H,3,8-9,20-21H2;1-2,4-7,10,22H,3,8-9H2. The number of amides is 1. The van der Waals surface area contributed by atoms with Gasteiger partial charge in [-0.1, -0.05) is 109 Å². The van der Waals surface area contributed by atoms with Crippen molar-refractivity contribution in [1.29, 1.82) is 0 Å². The van der Waals surface area contributed by atoms with Crippen molar-refractivity contribution < 1.29 is 39.2 Å². The molecule has 1 atom stereocenters.